The second-order valence-corrected chi connectivity index (χ2v) is 11.0. The van der Waals surface area contributed by atoms with Crippen molar-refractivity contribution >= 4 is 35.2 Å². The number of carbonyl (C=O) groups excluding carboxylic acids is 5. The molecule has 0 aromatic heterocycles. The maximum Gasteiger partial charge on any atom is 0.343 e. The summed E-state index contributed by atoms with van der Waals surface area (Å²) in [4.78, 5) is 65.7. The van der Waals surface area contributed by atoms with Crippen LogP contribution >= 0.6 is 0 Å². The highest BCUT2D eigenvalue weighted by molar-refractivity contribution is 6.22. The highest BCUT2D eigenvalue weighted by Crippen LogP contribution is 2.45. The molecular formula is C36H29NO7. The molecule has 4 aromatic carbocycles. The van der Waals surface area contributed by atoms with Gasteiger partial charge in [-0.1, -0.05) is 54.6 Å². The van der Waals surface area contributed by atoms with Crippen molar-refractivity contribution < 1.29 is 33.4 Å². The molecule has 2 fully saturated rings. The van der Waals surface area contributed by atoms with E-state index in [0.29, 0.717) is 24.1 Å². The van der Waals surface area contributed by atoms with Crippen LogP contribution in [0.15, 0.2) is 109 Å². The van der Waals surface area contributed by atoms with E-state index in [2.05, 4.69) is 12.1 Å². The topological polar surface area (TPSA) is 107 Å². The van der Waals surface area contributed by atoms with Crippen molar-refractivity contribution in [3.05, 3.63) is 131 Å². The lowest BCUT2D eigenvalue weighted by atomic mass is 9.73. The van der Waals surface area contributed by atoms with Gasteiger partial charge in [-0.3, -0.25) is 19.3 Å². The van der Waals surface area contributed by atoms with Gasteiger partial charge in [0.25, 0.3) is 0 Å². The Hall–Kier alpha value is -5.37. The third-order valence-electron chi connectivity index (χ3n) is 8.27. The van der Waals surface area contributed by atoms with E-state index in [-0.39, 0.29) is 40.5 Å². The van der Waals surface area contributed by atoms with Gasteiger partial charge >= 0.3 is 11.9 Å². The molecule has 0 radical (unpaired) electrons. The van der Waals surface area contributed by atoms with Crippen LogP contribution in [0.1, 0.15) is 61.8 Å². The zero-order valence-electron chi connectivity index (χ0n) is 23.8. The van der Waals surface area contributed by atoms with Crippen molar-refractivity contribution in [1.82, 2.24) is 0 Å². The van der Waals surface area contributed by atoms with Gasteiger partial charge in [-0.15, -0.1) is 0 Å². The fourth-order valence-electron chi connectivity index (χ4n) is 5.98. The van der Waals surface area contributed by atoms with Gasteiger partial charge in [0.15, 0.2) is 12.4 Å². The van der Waals surface area contributed by atoms with Gasteiger partial charge in [0.05, 0.1) is 28.7 Å². The molecule has 8 nitrogen and oxygen atoms in total. The lowest BCUT2D eigenvalue weighted by Crippen LogP contribution is -2.31. The van der Waals surface area contributed by atoms with Crippen LogP contribution in [0.4, 0.5) is 5.69 Å². The second kappa shape index (κ2) is 12.5. The Bertz CT molecular complexity index is 1720. The average molecular weight is 588 g/mol. The molecule has 1 heterocycles. The minimum absolute atomic E-state index is 0.121. The van der Waals surface area contributed by atoms with Crippen LogP contribution in [-0.2, 0) is 14.3 Å². The molecule has 0 spiro atoms. The number of Topliss-reactive ketones (excluding diaryl/α,β-unsaturated/α-hetero) is 1. The van der Waals surface area contributed by atoms with Gasteiger partial charge in [-0.05, 0) is 85.3 Å². The van der Waals surface area contributed by atoms with Crippen LogP contribution in [0, 0.1) is 11.8 Å². The summed E-state index contributed by atoms with van der Waals surface area (Å²) in [5, 5.41) is 0. The number of imide groups is 1. The van der Waals surface area contributed by atoms with E-state index in [1.807, 2.05) is 18.2 Å². The predicted molar refractivity (Wildman–Crippen MR) is 161 cm³/mol. The van der Waals surface area contributed by atoms with Gasteiger partial charge in [0.2, 0.25) is 11.8 Å². The third kappa shape index (κ3) is 5.92. The number of carbonyl (C=O) groups is 5. The Morgan fingerprint density at radius 3 is 2.05 bits per heavy atom. The number of nitrogens with zero attached hydrogens (tertiary/aromatic N) is 1. The van der Waals surface area contributed by atoms with E-state index in [1.54, 1.807) is 42.5 Å². The normalized spacial score (nSPS) is 19.3. The monoisotopic (exact) mass is 587 g/mol. The van der Waals surface area contributed by atoms with Crippen molar-refractivity contribution in [2.75, 3.05) is 11.5 Å². The number of hydrogen-bond donors (Lipinski definition) is 0. The molecule has 3 atom stereocenters. The fourth-order valence-corrected chi connectivity index (χ4v) is 5.98. The Kier molecular flexibility index (Phi) is 8.14. The lowest BCUT2D eigenvalue weighted by molar-refractivity contribution is -0.122. The third-order valence-corrected chi connectivity index (χ3v) is 8.27. The molecule has 8 heteroatoms. The summed E-state index contributed by atoms with van der Waals surface area (Å²) in [6, 6.07) is 30.7. The molecule has 1 aliphatic carbocycles. The molecule has 2 amide bonds. The Labute approximate surface area is 254 Å². The predicted octanol–water partition coefficient (Wildman–Crippen LogP) is 6.02. The number of esters is 2. The average Bonchev–Trinajstić information content (AvgIpc) is 3.33. The van der Waals surface area contributed by atoms with Crippen LogP contribution in [0.3, 0.4) is 0 Å². The van der Waals surface area contributed by atoms with E-state index in [1.165, 1.54) is 46.9 Å². The highest BCUT2D eigenvalue weighted by Gasteiger charge is 2.50. The van der Waals surface area contributed by atoms with Crippen LogP contribution < -0.4 is 9.64 Å². The minimum Gasteiger partial charge on any atom is -0.454 e. The molecule has 2 aliphatic rings. The van der Waals surface area contributed by atoms with Gasteiger partial charge in [0.1, 0.15) is 5.75 Å². The molecule has 1 saturated carbocycles. The van der Waals surface area contributed by atoms with E-state index < -0.39 is 30.2 Å². The SMILES string of the molecule is O=C(COC(=O)c1cccc(N2C(=O)[C@H]3C[C@H](c4ccccc4)CC[C@H]3C2=O)c1)c1ccc(OC(=O)c2ccccc2)cc1. The minimum atomic E-state index is -0.755. The molecule has 44 heavy (non-hydrogen) atoms. The standard InChI is InChI=1S/C36H29NO7/c38-32(24-14-17-29(18-15-24)44-36(42)25-10-5-2-6-11-25)22-43-35(41)27-12-7-13-28(20-27)37-33(39)30-19-16-26(21-31(30)34(37)40)23-8-3-1-4-9-23/h1-15,17-18,20,26,30-31H,16,19,21-22H2/t26-,30-,31+/m1/s1. The van der Waals surface area contributed by atoms with Crippen LogP contribution in [-0.4, -0.2) is 36.1 Å². The fraction of sp³-hybridized carbons (Fsp3) is 0.194. The first-order chi connectivity index (χ1) is 21.4. The van der Waals surface area contributed by atoms with E-state index in [0.717, 1.165) is 6.42 Å². The molecule has 1 aliphatic heterocycles. The molecule has 220 valence electrons. The zero-order chi connectivity index (χ0) is 30.6. The molecule has 6 rings (SSSR count). The van der Waals surface area contributed by atoms with Crippen LogP contribution in [0.25, 0.3) is 0 Å². The number of rotatable bonds is 8. The Morgan fingerprint density at radius 2 is 1.32 bits per heavy atom. The number of anilines is 1. The number of amides is 2. The number of ketones is 1. The van der Waals surface area contributed by atoms with Crippen molar-refractivity contribution in [2.45, 2.75) is 25.2 Å². The van der Waals surface area contributed by atoms with Crippen molar-refractivity contribution in [2.24, 2.45) is 11.8 Å². The van der Waals surface area contributed by atoms with E-state index in [4.69, 9.17) is 9.47 Å². The quantitative estimate of drug-likeness (QED) is 0.107. The number of ether oxygens (including phenoxy) is 2. The van der Waals surface area contributed by atoms with Crippen LogP contribution in [0.5, 0.6) is 5.75 Å². The van der Waals surface area contributed by atoms with E-state index in [9.17, 15) is 24.0 Å². The summed E-state index contributed by atoms with van der Waals surface area (Å²) < 4.78 is 10.6. The summed E-state index contributed by atoms with van der Waals surface area (Å²) in [6.07, 6.45) is 2.07. The summed E-state index contributed by atoms with van der Waals surface area (Å²) >= 11 is 0. The largest absolute Gasteiger partial charge is 0.454 e. The smallest absolute Gasteiger partial charge is 0.343 e. The second-order valence-electron chi connectivity index (χ2n) is 11.0. The first-order valence-corrected chi connectivity index (χ1v) is 14.5. The molecule has 4 aromatic rings. The first-order valence-electron chi connectivity index (χ1n) is 14.5. The summed E-state index contributed by atoms with van der Waals surface area (Å²) in [5.41, 5.74) is 2.28. The van der Waals surface area contributed by atoms with Crippen LogP contribution in [0.2, 0.25) is 0 Å². The van der Waals surface area contributed by atoms with Gasteiger partial charge < -0.3 is 9.47 Å². The van der Waals surface area contributed by atoms with Gasteiger partial charge in [-0.25, -0.2) is 9.59 Å². The van der Waals surface area contributed by atoms with Gasteiger partial charge in [-0.2, -0.15) is 0 Å². The summed E-state index contributed by atoms with van der Waals surface area (Å²) in [7, 11) is 0. The lowest BCUT2D eigenvalue weighted by Gasteiger charge is -2.28. The molecule has 0 N–H and O–H groups in total. The number of hydrogen-bond acceptors (Lipinski definition) is 7. The summed E-state index contributed by atoms with van der Waals surface area (Å²) in [5.74, 6) is -2.50. The maximum absolute atomic E-state index is 13.5. The number of benzene rings is 4. The molecule has 0 unspecified atom stereocenters. The number of fused-ring (bicyclic) bond motifs is 1. The zero-order valence-corrected chi connectivity index (χ0v) is 23.8. The van der Waals surface area contributed by atoms with Crippen molar-refractivity contribution in [3.8, 4) is 5.75 Å². The highest BCUT2D eigenvalue weighted by atomic mass is 16.5. The first kappa shape index (κ1) is 28.7. The Balaban J connectivity index is 1.07. The summed E-state index contributed by atoms with van der Waals surface area (Å²) in [6.45, 7) is -0.515. The maximum atomic E-state index is 13.5. The molecule has 1 saturated heterocycles. The molecule has 0 bridgehead atoms. The van der Waals surface area contributed by atoms with Crippen molar-refractivity contribution in [1.29, 1.82) is 0 Å². The molecular weight excluding hydrogens is 558 g/mol. The Morgan fingerprint density at radius 1 is 0.659 bits per heavy atom. The van der Waals surface area contributed by atoms with E-state index >= 15 is 0 Å². The van der Waals surface area contributed by atoms with Crippen molar-refractivity contribution in [3.63, 3.8) is 0 Å². The van der Waals surface area contributed by atoms with Gasteiger partial charge in [0, 0.05) is 5.56 Å².